The molecule has 31 heavy (non-hydrogen) atoms. The van der Waals surface area contributed by atoms with E-state index < -0.39 is 5.91 Å². The van der Waals surface area contributed by atoms with Gasteiger partial charge in [0, 0.05) is 5.56 Å². The van der Waals surface area contributed by atoms with Crippen LogP contribution in [0.1, 0.15) is 32.6 Å². The van der Waals surface area contributed by atoms with Crippen LogP contribution in [0.5, 0.6) is 11.5 Å². The number of ether oxygens (including phenoxy) is 1. The summed E-state index contributed by atoms with van der Waals surface area (Å²) in [6.45, 7) is 4.26. The zero-order chi connectivity index (χ0) is 22.5. The van der Waals surface area contributed by atoms with Crippen molar-refractivity contribution in [1.29, 1.82) is 0 Å². The molecule has 3 aromatic carbocycles. The van der Waals surface area contributed by atoms with Crippen molar-refractivity contribution in [2.24, 2.45) is 5.10 Å². The first-order valence-electron chi connectivity index (χ1n) is 9.24. The molecule has 3 rings (SSSR count). The standard InChI is InChI=1S/C23H19Cl2IN2O3/c1-13-7-16(11-27-28-23(30)17-4-6-20(26)21(29)10-17)8-14(2)22(13)31-12-15-3-5-18(24)19(25)9-15/h3-11,29H,12H2,1-2H3,(H,28,30)/b27-11-. The van der Waals surface area contributed by atoms with Gasteiger partial charge in [-0.25, -0.2) is 5.43 Å². The van der Waals surface area contributed by atoms with Crippen LogP contribution in [0.2, 0.25) is 10.0 Å². The maximum atomic E-state index is 12.2. The summed E-state index contributed by atoms with van der Waals surface area (Å²) in [5.41, 5.74) is 6.42. The minimum Gasteiger partial charge on any atom is -0.507 e. The Bertz CT molecular complexity index is 1140. The number of benzene rings is 3. The molecule has 0 fully saturated rings. The SMILES string of the molecule is Cc1cc(/C=N\NC(=O)c2ccc(I)c(O)c2)cc(C)c1OCc1ccc(Cl)c(Cl)c1. The maximum absolute atomic E-state index is 12.2. The van der Waals surface area contributed by atoms with E-state index in [1.807, 2.05) is 54.6 Å². The molecule has 0 spiro atoms. The topological polar surface area (TPSA) is 70.9 Å². The fourth-order valence-electron chi connectivity index (χ4n) is 2.95. The Kier molecular flexibility index (Phi) is 7.80. The predicted octanol–water partition coefficient (Wildman–Crippen LogP) is 6.26. The van der Waals surface area contributed by atoms with Crippen molar-refractivity contribution in [3.05, 3.63) is 90.0 Å². The molecule has 0 aliphatic rings. The zero-order valence-electron chi connectivity index (χ0n) is 16.7. The third-order valence-corrected chi connectivity index (χ3v) is 6.09. The summed E-state index contributed by atoms with van der Waals surface area (Å²) < 4.78 is 6.66. The minimum absolute atomic E-state index is 0.0555. The first-order chi connectivity index (χ1) is 14.7. The molecule has 0 saturated heterocycles. The second-order valence-electron chi connectivity index (χ2n) is 6.89. The first-order valence-corrected chi connectivity index (χ1v) is 11.1. The van der Waals surface area contributed by atoms with Crippen molar-refractivity contribution in [2.75, 3.05) is 0 Å². The number of carbonyl (C=O) groups excluding carboxylic acids is 1. The molecule has 8 heteroatoms. The maximum Gasteiger partial charge on any atom is 0.271 e. The average molecular weight is 569 g/mol. The molecule has 3 aromatic rings. The van der Waals surface area contributed by atoms with Crippen LogP contribution in [0.3, 0.4) is 0 Å². The number of phenols is 1. The number of carbonyl (C=O) groups is 1. The Hall–Kier alpha value is -2.29. The van der Waals surface area contributed by atoms with Crippen LogP contribution in [0, 0.1) is 17.4 Å². The van der Waals surface area contributed by atoms with Crippen LogP contribution in [0.25, 0.3) is 0 Å². The van der Waals surface area contributed by atoms with E-state index in [4.69, 9.17) is 27.9 Å². The van der Waals surface area contributed by atoms with Crippen LogP contribution < -0.4 is 10.2 Å². The molecular formula is C23H19Cl2IN2O3. The van der Waals surface area contributed by atoms with E-state index in [0.29, 0.717) is 25.8 Å². The third-order valence-electron chi connectivity index (χ3n) is 4.44. The molecule has 0 saturated carbocycles. The fourth-order valence-corrected chi connectivity index (χ4v) is 3.61. The Balaban J connectivity index is 1.65. The lowest BCUT2D eigenvalue weighted by Crippen LogP contribution is -2.17. The number of amides is 1. The van der Waals surface area contributed by atoms with Crippen molar-refractivity contribution >= 4 is 57.9 Å². The number of hydrogen-bond donors (Lipinski definition) is 2. The Labute approximate surface area is 204 Å². The molecule has 0 aromatic heterocycles. The average Bonchev–Trinajstić information content (AvgIpc) is 2.72. The van der Waals surface area contributed by atoms with E-state index in [2.05, 4.69) is 10.5 Å². The largest absolute Gasteiger partial charge is 0.507 e. The summed E-state index contributed by atoms with van der Waals surface area (Å²) in [5, 5.41) is 14.7. The molecule has 0 unspecified atom stereocenters. The van der Waals surface area contributed by atoms with E-state index in [1.165, 1.54) is 6.07 Å². The van der Waals surface area contributed by atoms with E-state index in [-0.39, 0.29) is 5.75 Å². The van der Waals surface area contributed by atoms with E-state index in [1.54, 1.807) is 30.5 Å². The third kappa shape index (κ3) is 6.12. The van der Waals surface area contributed by atoms with Gasteiger partial charge in [-0.05, 0) is 101 Å². The minimum atomic E-state index is -0.405. The molecule has 0 aliphatic heterocycles. The van der Waals surface area contributed by atoms with Gasteiger partial charge in [0.25, 0.3) is 5.91 Å². The number of nitrogens with zero attached hydrogens (tertiary/aromatic N) is 1. The lowest BCUT2D eigenvalue weighted by Gasteiger charge is -2.13. The normalized spacial score (nSPS) is 11.0. The number of nitrogens with one attached hydrogen (secondary N) is 1. The highest BCUT2D eigenvalue weighted by Crippen LogP contribution is 2.27. The molecule has 5 nitrogen and oxygen atoms in total. The molecule has 0 radical (unpaired) electrons. The summed E-state index contributed by atoms with van der Waals surface area (Å²) in [5.74, 6) is 0.430. The van der Waals surface area contributed by atoms with E-state index >= 15 is 0 Å². The highest BCUT2D eigenvalue weighted by molar-refractivity contribution is 14.1. The fraction of sp³-hybridized carbons (Fsp3) is 0.130. The predicted molar refractivity (Wildman–Crippen MR) is 133 cm³/mol. The summed E-state index contributed by atoms with van der Waals surface area (Å²) >= 11 is 14.0. The molecule has 160 valence electrons. The monoisotopic (exact) mass is 568 g/mol. The lowest BCUT2D eigenvalue weighted by molar-refractivity contribution is 0.0954. The number of hydrogen-bond acceptors (Lipinski definition) is 4. The number of halogens is 3. The number of aromatic hydroxyl groups is 1. The van der Waals surface area contributed by atoms with E-state index in [9.17, 15) is 9.90 Å². The van der Waals surface area contributed by atoms with Crippen molar-refractivity contribution in [2.45, 2.75) is 20.5 Å². The van der Waals surface area contributed by atoms with Gasteiger partial charge in [0.1, 0.15) is 18.1 Å². The molecule has 0 heterocycles. The number of rotatable bonds is 6. The van der Waals surface area contributed by atoms with Gasteiger partial charge in [0.05, 0.1) is 19.8 Å². The quantitative estimate of drug-likeness (QED) is 0.209. The van der Waals surface area contributed by atoms with Gasteiger partial charge in [0.15, 0.2) is 0 Å². The highest BCUT2D eigenvalue weighted by Gasteiger charge is 2.09. The second-order valence-corrected chi connectivity index (χ2v) is 8.86. The van der Waals surface area contributed by atoms with Gasteiger partial charge in [-0.1, -0.05) is 29.3 Å². The van der Waals surface area contributed by atoms with Gasteiger partial charge in [-0.15, -0.1) is 0 Å². The van der Waals surface area contributed by atoms with Gasteiger partial charge in [0.2, 0.25) is 0 Å². The Morgan fingerprint density at radius 2 is 1.81 bits per heavy atom. The van der Waals surface area contributed by atoms with Crippen molar-refractivity contribution in [3.63, 3.8) is 0 Å². The van der Waals surface area contributed by atoms with Gasteiger partial charge in [-0.3, -0.25) is 4.79 Å². The van der Waals surface area contributed by atoms with E-state index in [0.717, 1.165) is 28.0 Å². The van der Waals surface area contributed by atoms with Gasteiger partial charge >= 0.3 is 0 Å². The van der Waals surface area contributed by atoms with Crippen LogP contribution in [-0.4, -0.2) is 17.2 Å². The summed E-state index contributed by atoms with van der Waals surface area (Å²) in [4.78, 5) is 12.2. The number of aryl methyl sites for hydroxylation is 2. The summed E-state index contributed by atoms with van der Waals surface area (Å²) in [6, 6.07) is 13.9. The molecule has 0 bridgehead atoms. The van der Waals surface area contributed by atoms with Gasteiger partial charge < -0.3 is 9.84 Å². The highest BCUT2D eigenvalue weighted by atomic mass is 127. The molecule has 0 atom stereocenters. The molecule has 0 aliphatic carbocycles. The number of hydrazone groups is 1. The van der Waals surface area contributed by atoms with Crippen LogP contribution in [0.4, 0.5) is 0 Å². The Morgan fingerprint density at radius 1 is 1.10 bits per heavy atom. The second kappa shape index (κ2) is 10.3. The Morgan fingerprint density at radius 3 is 2.45 bits per heavy atom. The summed E-state index contributed by atoms with van der Waals surface area (Å²) in [7, 11) is 0. The first kappa shape index (κ1) is 23.4. The number of phenolic OH excluding ortho intramolecular Hbond substituents is 1. The molecule has 1 amide bonds. The lowest BCUT2D eigenvalue weighted by atomic mass is 10.1. The smallest absolute Gasteiger partial charge is 0.271 e. The summed E-state index contributed by atoms with van der Waals surface area (Å²) in [6.07, 6.45) is 1.56. The molecular weight excluding hydrogens is 550 g/mol. The van der Waals surface area contributed by atoms with Crippen LogP contribution >= 0.6 is 45.8 Å². The van der Waals surface area contributed by atoms with Gasteiger partial charge in [-0.2, -0.15) is 5.10 Å². The zero-order valence-corrected chi connectivity index (χ0v) is 20.4. The van der Waals surface area contributed by atoms with Crippen LogP contribution in [-0.2, 0) is 6.61 Å². The molecule has 2 N–H and O–H groups in total. The van der Waals surface area contributed by atoms with Crippen molar-refractivity contribution in [3.8, 4) is 11.5 Å². The van der Waals surface area contributed by atoms with Crippen LogP contribution in [0.15, 0.2) is 53.6 Å². The van der Waals surface area contributed by atoms with Crippen molar-refractivity contribution < 1.29 is 14.6 Å². The van der Waals surface area contributed by atoms with Crippen molar-refractivity contribution in [1.82, 2.24) is 5.43 Å².